The van der Waals surface area contributed by atoms with Gasteiger partial charge in [-0.3, -0.25) is 0 Å². The number of rotatable bonds is 3. The van der Waals surface area contributed by atoms with Crippen LogP contribution >= 0.6 is 35.0 Å². The van der Waals surface area contributed by atoms with Crippen molar-refractivity contribution in [2.24, 2.45) is 4.51 Å². The molecule has 0 spiro atoms. The van der Waals surface area contributed by atoms with Gasteiger partial charge in [0.2, 0.25) is 0 Å². The minimum Gasteiger partial charge on any atom is -0.859 e. The molecular formula is C9H7Cl3NO-. The molecule has 5 heteroatoms. The Morgan fingerprint density at radius 1 is 1.29 bits per heavy atom. The zero-order valence-corrected chi connectivity index (χ0v) is 9.35. The fraction of sp³-hybridized carbons (Fsp3) is 0.222. The number of alkyl halides is 2. The quantitative estimate of drug-likeness (QED) is 0.461. The van der Waals surface area contributed by atoms with Crippen molar-refractivity contribution in [3.05, 3.63) is 35.9 Å². The van der Waals surface area contributed by atoms with E-state index in [1.54, 1.807) is 0 Å². The molecule has 0 radical (unpaired) electrons. The standard InChI is InChI=1S/C9H8Cl3NO/c10-9(11,8(14)13-12)6-7-4-2-1-3-5-7/h1-5H,6H2,(H,13,14)/p-1. The van der Waals surface area contributed by atoms with Crippen molar-refractivity contribution in [1.82, 2.24) is 0 Å². The third-order valence-corrected chi connectivity index (χ3v) is 2.40. The van der Waals surface area contributed by atoms with E-state index in [1.807, 2.05) is 30.3 Å². The molecule has 0 heterocycles. The highest BCUT2D eigenvalue weighted by molar-refractivity contribution is 6.58. The highest BCUT2D eigenvalue weighted by Gasteiger charge is 2.24. The van der Waals surface area contributed by atoms with E-state index in [4.69, 9.17) is 35.0 Å². The van der Waals surface area contributed by atoms with Gasteiger partial charge in [0.1, 0.15) is 0 Å². The first-order valence-electron chi connectivity index (χ1n) is 3.84. The van der Waals surface area contributed by atoms with Crippen LogP contribution in [0, 0.1) is 0 Å². The van der Waals surface area contributed by atoms with Gasteiger partial charge in [0.25, 0.3) is 0 Å². The Kier molecular flexibility index (Phi) is 4.05. The average molecular weight is 252 g/mol. The van der Waals surface area contributed by atoms with E-state index in [0.29, 0.717) is 0 Å². The number of benzene rings is 1. The molecule has 0 fully saturated rings. The molecule has 14 heavy (non-hydrogen) atoms. The SMILES string of the molecule is [O-]/C(=N\Cl)C(Cl)(Cl)Cc1ccccc1. The lowest BCUT2D eigenvalue weighted by Gasteiger charge is -2.24. The molecule has 0 bridgehead atoms. The van der Waals surface area contributed by atoms with Gasteiger partial charge < -0.3 is 5.11 Å². The minimum absolute atomic E-state index is 0.187. The first-order chi connectivity index (χ1) is 6.56. The molecule has 1 rings (SSSR count). The first kappa shape index (κ1) is 11.6. The third-order valence-electron chi connectivity index (χ3n) is 1.66. The Morgan fingerprint density at radius 3 is 2.36 bits per heavy atom. The highest BCUT2D eigenvalue weighted by Crippen LogP contribution is 2.26. The van der Waals surface area contributed by atoms with E-state index in [0.717, 1.165) is 5.56 Å². The van der Waals surface area contributed by atoms with Crippen molar-refractivity contribution in [2.75, 3.05) is 0 Å². The molecular weight excluding hydrogens is 244 g/mol. The highest BCUT2D eigenvalue weighted by atomic mass is 35.5. The maximum atomic E-state index is 11.1. The predicted octanol–water partition coefficient (Wildman–Crippen LogP) is 2.32. The van der Waals surface area contributed by atoms with E-state index in [-0.39, 0.29) is 6.42 Å². The maximum Gasteiger partial charge on any atom is 0.151 e. The third kappa shape index (κ3) is 3.05. The summed E-state index contributed by atoms with van der Waals surface area (Å²) in [5, 5.41) is 11.1. The van der Waals surface area contributed by atoms with E-state index in [2.05, 4.69) is 4.51 Å². The molecule has 0 aliphatic heterocycles. The zero-order valence-electron chi connectivity index (χ0n) is 7.08. The van der Waals surface area contributed by atoms with Gasteiger partial charge in [-0.1, -0.05) is 53.5 Å². The molecule has 0 saturated heterocycles. The fourth-order valence-corrected chi connectivity index (χ4v) is 1.61. The Labute approximate surface area is 97.2 Å². The second-order valence-electron chi connectivity index (χ2n) is 2.76. The van der Waals surface area contributed by atoms with Gasteiger partial charge in [-0.05, 0) is 5.56 Å². The van der Waals surface area contributed by atoms with Crippen LogP contribution in [0.3, 0.4) is 0 Å². The van der Waals surface area contributed by atoms with E-state index in [9.17, 15) is 5.11 Å². The lowest BCUT2D eigenvalue weighted by molar-refractivity contribution is -0.219. The molecule has 0 amide bonds. The van der Waals surface area contributed by atoms with Crippen LogP contribution in [-0.2, 0) is 6.42 Å². The molecule has 0 aliphatic carbocycles. The number of hydrogen-bond donors (Lipinski definition) is 0. The van der Waals surface area contributed by atoms with Crippen LogP contribution in [0.5, 0.6) is 0 Å². The molecule has 0 N–H and O–H groups in total. The van der Waals surface area contributed by atoms with Gasteiger partial charge in [0, 0.05) is 24.1 Å². The van der Waals surface area contributed by atoms with Gasteiger partial charge in [0.15, 0.2) is 4.33 Å². The van der Waals surface area contributed by atoms with Crippen molar-refractivity contribution in [3.8, 4) is 0 Å². The minimum atomic E-state index is -1.58. The lowest BCUT2D eigenvalue weighted by atomic mass is 10.1. The normalized spacial score (nSPS) is 12.9. The van der Waals surface area contributed by atoms with Crippen LogP contribution in [0.2, 0.25) is 0 Å². The lowest BCUT2D eigenvalue weighted by Crippen LogP contribution is -2.38. The Balaban J connectivity index is 2.79. The number of nitrogens with zero attached hydrogens (tertiary/aromatic N) is 1. The average Bonchev–Trinajstić information content (AvgIpc) is 2.17. The summed E-state index contributed by atoms with van der Waals surface area (Å²) < 4.78 is 1.35. The van der Waals surface area contributed by atoms with E-state index in [1.165, 1.54) is 0 Å². The Bertz CT molecular complexity index is 324. The van der Waals surface area contributed by atoms with Crippen LogP contribution < -0.4 is 5.11 Å². The summed E-state index contributed by atoms with van der Waals surface area (Å²) in [4.78, 5) is 0. The van der Waals surface area contributed by atoms with Gasteiger partial charge in [-0.25, -0.2) is 0 Å². The predicted molar refractivity (Wildman–Crippen MR) is 57.9 cm³/mol. The number of halogens is 3. The van der Waals surface area contributed by atoms with Crippen LogP contribution in [0.1, 0.15) is 5.56 Å². The summed E-state index contributed by atoms with van der Waals surface area (Å²) in [5.41, 5.74) is 0.853. The largest absolute Gasteiger partial charge is 0.859 e. The summed E-state index contributed by atoms with van der Waals surface area (Å²) in [6.45, 7) is 0. The Morgan fingerprint density at radius 2 is 1.86 bits per heavy atom. The van der Waals surface area contributed by atoms with Gasteiger partial charge >= 0.3 is 0 Å². The summed E-state index contributed by atoms with van der Waals surface area (Å²) in [5.74, 6) is -0.744. The summed E-state index contributed by atoms with van der Waals surface area (Å²) in [7, 11) is 0. The molecule has 0 saturated carbocycles. The molecule has 1 aromatic carbocycles. The van der Waals surface area contributed by atoms with Crippen molar-refractivity contribution in [1.29, 1.82) is 0 Å². The molecule has 0 aromatic heterocycles. The second-order valence-corrected chi connectivity index (χ2v) is 4.41. The van der Waals surface area contributed by atoms with Crippen LogP contribution in [0.4, 0.5) is 0 Å². The first-order valence-corrected chi connectivity index (χ1v) is 4.94. The smallest absolute Gasteiger partial charge is 0.151 e. The van der Waals surface area contributed by atoms with Crippen LogP contribution in [-0.4, -0.2) is 10.2 Å². The van der Waals surface area contributed by atoms with Gasteiger partial charge in [-0.15, -0.1) is 0 Å². The zero-order chi connectivity index (χ0) is 10.6. The van der Waals surface area contributed by atoms with Crippen molar-refractivity contribution in [3.63, 3.8) is 0 Å². The molecule has 0 aliphatic rings. The second kappa shape index (κ2) is 4.87. The molecule has 76 valence electrons. The van der Waals surface area contributed by atoms with Crippen LogP contribution in [0.15, 0.2) is 34.8 Å². The number of hydrogen-bond acceptors (Lipinski definition) is 2. The Hall–Kier alpha value is -0.440. The monoisotopic (exact) mass is 250 g/mol. The molecule has 0 unspecified atom stereocenters. The van der Waals surface area contributed by atoms with E-state index >= 15 is 0 Å². The van der Waals surface area contributed by atoms with Crippen LogP contribution in [0.25, 0.3) is 0 Å². The van der Waals surface area contributed by atoms with E-state index < -0.39 is 10.2 Å². The summed E-state index contributed by atoms with van der Waals surface area (Å²) in [6.07, 6.45) is 0.187. The maximum absolute atomic E-state index is 11.1. The molecule has 2 nitrogen and oxygen atoms in total. The summed E-state index contributed by atoms with van der Waals surface area (Å²) in [6, 6.07) is 9.17. The van der Waals surface area contributed by atoms with Gasteiger partial charge in [-0.2, -0.15) is 4.51 Å². The van der Waals surface area contributed by atoms with Crippen molar-refractivity contribution in [2.45, 2.75) is 10.8 Å². The molecule has 0 atom stereocenters. The van der Waals surface area contributed by atoms with Gasteiger partial charge in [0.05, 0.1) is 0 Å². The summed E-state index contributed by atoms with van der Waals surface area (Å²) >= 11 is 16.5. The van der Waals surface area contributed by atoms with Crippen molar-refractivity contribution < 1.29 is 5.11 Å². The van der Waals surface area contributed by atoms with Crippen molar-refractivity contribution >= 4 is 40.9 Å². The fourth-order valence-electron chi connectivity index (χ4n) is 0.990. The molecule has 1 aromatic rings. The topological polar surface area (TPSA) is 35.4 Å².